The van der Waals surface area contributed by atoms with Gasteiger partial charge in [0.05, 0.1) is 6.04 Å². The highest BCUT2D eigenvalue weighted by atomic mass is 16.2. The highest BCUT2D eigenvalue weighted by molar-refractivity contribution is 5.81. The Labute approximate surface area is 99.0 Å². The Bertz CT molecular complexity index is 208. The molecule has 1 atom stereocenters. The molecule has 94 valence electrons. The molecule has 1 saturated heterocycles. The van der Waals surface area contributed by atoms with Crippen LogP contribution in [0, 0.1) is 0 Å². The first-order valence-corrected chi connectivity index (χ1v) is 6.44. The predicted octanol–water partition coefficient (Wildman–Crippen LogP) is 0.539. The zero-order valence-corrected chi connectivity index (χ0v) is 10.8. The Morgan fingerprint density at radius 1 is 1.31 bits per heavy atom. The van der Waals surface area contributed by atoms with Crippen LogP contribution in [0.1, 0.15) is 27.2 Å². The average molecular weight is 227 g/mol. The Balaban J connectivity index is 2.53. The van der Waals surface area contributed by atoms with Crippen molar-refractivity contribution in [1.82, 2.24) is 15.1 Å². The van der Waals surface area contributed by atoms with Gasteiger partial charge in [-0.3, -0.25) is 9.69 Å². The minimum absolute atomic E-state index is 0.0276. The molecule has 0 bridgehead atoms. The van der Waals surface area contributed by atoms with Crippen molar-refractivity contribution in [2.45, 2.75) is 33.2 Å². The number of hydrogen-bond donors (Lipinski definition) is 1. The van der Waals surface area contributed by atoms with E-state index < -0.39 is 0 Å². The number of likely N-dealkylation sites (N-methyl/N-ethyl adjacent to an activating group) is 1. The summed E-state index contributed by atoms with van der Waals surface area (Å²) in [6.45, 7) is 11.8. The number of carbonyl (C=O) groups excluding carboxylic acids is 1. The third-order valence-corrected chi connectivity index (χ3v) is 3.35. The summed E-state index contributed by atoms with van der Waals surface area (Å²) < 4.78 is 0. The van der Waals surface area contributed by atoms with Crippen LogP contribution in [0.15, 0.2) is 0 Å². The normalized spacial score (nSPS) is 20.2. The minimum Gasteiger partial charge on any atom is -0.342 e. The number of amides is 1. The molecule has 1 rings (SSSR count). The van der Waals surface area contributed by atoms with Crippen LogP contribution in [0.4, 0.5) is 0 Å². The summed E-state index contributed by atoms with van der Waals surface area (Å²) in [6.07, 6.45) is 1.13. The molecule has 0 spiro atoms. The van der Waals surface area contributed by atoms with Gasteiger partial charge in [0.15, 0.2) is 0 Å². The number of carbonyl (C=O) groups is 1. The van der Waals surface area contributed by atoms with E-state index in [4.69, 9.17) is 0 Å². The third kappa shape index (κ3) is 3.46. The number of nitrogens with one attached hydrogen (secondary N) is 1. The van der Waals surface area contributed by atoms with E-state index in [9.17, 15) is 4.79 Å². The highest BCUT2D eigenvalue weighted by Crippen LogP contribution is 2.06. The van der Waals surface area contributed by atoms with Crippen molar-refractivity contribution in [3.05, 3.63) is 0 Å². The Hall–Kier alpha value is -0.610. The second kappa shape index (κ2) is 6.86. The van der Waals surface area contributed by atoms with Gasteiger partial charge in [-0.25, -0.2) is 0 Å². The van der Waals surface area contributed by atoms with E-state index in [0.717, 1.165) is 45.7 Å². The molecule has 16 heavy (non-hydrogen) atoms. The third-order valence-electron chi connectivity index (χ3n) is 3.35. The van der Waals surface area contributed by atoms with E-state index in [-0.39, 0.29) is 11.9 Å². The molecule has 0 radical (unpaired) electrons. The maximum Gasteiger partial charge on any atom is 0.239 e. The van der Waals surface area contributed by atoms with Crippen molar-refractivity contribution in [2.24, 2.45) is 0 Å². The Kier molecular flexibility index (Phi) is 5.77. The predicted molar refractivity (Wildman–Crippen MR) is 66.4 cm³/mol. The van der Waals surface area contributed by atoms with Gasteiger partial charge in [0.25, 0.3) is 0 Å². The van der Waals surface area contributed by atoms with Gasteiger partial charge in [0, 0.05) is 32.7 Å². The Morgan fingerprint density at radius 2 is 2.00 bits per heavy atom. The molecule has 1 heterocycles. The summed E-state index contributed by atoms with van der Waals surface area (Å²) in [5.74, 6) is 0.270. The van der Waals surface area contributed by atoms with Gasteiger partial charge in [0.1, 0.15) is 0 Å². The smallest absolute Gasteiger partial charge is 0.239 e. The fourth-order valence-corrected chi connectivity index (χ4v) is 2.21. The summed E-state index contributed by atoms with van der Waals surface area (Å²) in [4.78, 5) is 16.4. The lowest BCUT2D eigenvalue weighted by molar-refractivity contribution is -0.136. The van der Waals surface area contributed by atoms with Crippen LogP contribution in [0.3, 0.4) is 0 Å². The van der Waals surface area contributed by atoms with Gasteiger partial charge >= 0.3 is 0 Å². The van der Waals surface area contributed by atoms with Crippen LogP contribution >= 0.6 is 0 Å². The quantitative estimate of drug-likeness (QED) is 0.761. The van der Waals surface area contributed by atoms with Crippen LogP contribution < -0.4 is 5.32 Å². The summed E-state index contributed by atoms with van der Waals surface area (Å²) in [5.41, 5.74) is 0. The first-order valence-electron chi connectivity index (χ1n) is 6.44. The summed E-state index contributed by atoms with van der Waals surface area (Å²) in [7, 11) is 0. The molecule has 1 unspecified atom stereocenters. The lowest BCUT2D eigenvalue weighted by Crippen LogP contribution is -2.48. The summed E-state index contributed by atoms with van der Waals surface area (Å²) in [6, 6.07) is 0.0276. The molecule has 1 aliphatic rings. The molecule has 1 amide bonds. The lowest BCUT2D eigenvalue weighted by Gasteiger charge is -2.30. The van der Waals surface area contributed by atoms with Gasteiger partial charge in [-0.15, -0.1) is 0 Å². The molecule has 0 saturated carbocycles. The van der Waals surface area contributed by atoms with Crippen LogP contribution in [-0.4, -0.2) is 61.0 Å². The first kappa shape index (κ1) is 13.5. The number of rotatable bonds is 4. The van der Waals surface area contributed by atoms with Crippen molar-refractivity contribution in [3.63, 3.8) is 0 Å². The zero-order chi connectivity index (χ0) is 12.0. The summed E-state index contributed by atoms with van der Waals surface area (Å²) >= 11 is 0. The molecule has 1 aliphatic heterocycles. The second-order valence-electron chi connectivity index (χ2n) is 4.33. The van der Waals surface area contributed by atoms with Gasteiger partial charge in [-0.2, -0.15) is 0 Å². The Morgan fingerprint density at radius 3 is 2.62 bits per heavy atom. The highest BCUT2D eigenvalue weighted by Gasteiger charge is 2.24. The van der Waals surface area contributed by atoms with E-state index >= 15 is 0 Å². The van der Waals surface area contributed by atoms with Crippen molar-refractivity contribution in [3.8, 4) is 0 Å². The van der Waals surface area contributed by atoms with Crippen molar-refractivity contribution in [2.75, 3.05) is 39.3 Å². The van der Waals surface area contributed by atoms with Gasteiger partial charge in [-0.05, 0) is 33.7 Å². The monoisotopic (exact) mass is 227 g/mol. The van der Waals surface area contributed by atoms with Crippen molar-refractivity contribution >= 4 is 5.91 Å². The molecule has 1 fully saturated rings. The fourth-order valence-electron chi connectivity index (χ4n) is 2.21. The topological polar surface area (TPSA) is 35.6 Å². The van der Waals surface area contributed by atoms with Gasteiger partial charge in [-0.1, -0.05) is 0 Å². The maximum absolute atomic E-state index is 12.2. The fraction of sp³-hybridized carbons (Fsp3) is 0.917. The molecule has 1 N–H and O–H groups in total. The average Bonchev–Trinajstić information content (AvgIpc) is 2.58. The minimum atomic E-state index is 0.0276. The zero-order valence-electron chi connectivity index (χ0n) is 10.8. The van der Waals surface area contributed by atoms with E-state index in [0.29, 0.717) is 0 Å². The van der Waals surface area contributed by atoms with Crippen LogP contribution in [0.25, 0.3) is 0 Å². The van der Waals surface area contributed by atoms with Crippen LogP contribution in [-0.2, 0) is 4.79 Å². The largest absolute Gasteiger partial charge is 0.342 e. The molecule has 0 aromatic carbocycles. The lowest BCUT2D eigenvalue weighted by atomic mass is 10.2. The molecule has 0 aliphatic carbocycles. The van der Waals surface area contributed by atoms with E-state index in [1.54, 1.807) is 0 Å². The molecular weight excluding hydrogens is 202 g/mol. The summed E-state index contributed by atoms with van der Waals surface area (Å²) in [5, 5.41) is 3.36. The van der Waals surface area contributed by atoms with E-state index in [2.05, 4.69) is 10.2 Å². The first-order chi connectivity index (χ1) is 7.70. The van der Waals surface area contributed by atoms with Crippen LogP contribution in [0.5, 0.6) is 0 Å². The molecule has 4 heteroatoms. The van der Waals surface area contributed by atoms with Crippen LogP contribution in [0.2, 0.25) is 0 Å². The van der Waals surface area contributed by atoms with Crippen molar-refractivity contribution < 1.29 is 4.79 Å². The molecule has 4 nitrogen and oxygen atoms in total. The van der Waals surface area contributed by atoms with Gasteiger partial charge < -0.3 is 10.2 Å². The number of nitrogens with zero attached hydrogens (tertiary/aromatic N) is 2. The standard InChI is InChI=1S/C12H25N3O/c1-4-14(5-2)12(16)11(3)15-9-6-7-13-8-10-15/h11,13H,4-10H2,1-3H3. The number of hydrogen-bond acceptors (Lipinski definition) is 3. The maximum atomic E-state index is 12.2. The SMILES string of the molecule is CCN(CC)C(=O)C(C)N1CCCNCC1. The van der Waals surface area contributed by atoms with E-state index in [1.165, 1.54) is 0 Å². The molecular formula is C12H25N3O. The van der Waals surface area contributed by atoms with Gasteiger partial charge in [0.2, 0.25) is 5.91 Å². The van der Waals surface area contributed by atoms with E-state index in [1.807, 2.05) is 25.7 Å². The van der Waals surface area contributed by atoms with Crippen molar-refractivity contribution in [1.29, 1.82) is 0 Å². The molecule has 0 aromatic heterocycles. The molecule has 0 aromatic rings. The second-order valence-corrected chi connectivity index (χ2v) is 4.33.